The molecule has 0 aliphatic carbocycles. The number of aromatic hydroxyl groups is 8. The Bertz CT molecular complexity index is 3530. The quantitative estimate of drug-likeness (QED) is 0.0113. The van der Waals surface area contributed by atoms with Gasteiger partial charge in [0.25, 0.3) is 0 Å². The van der Waals surface area contributed by atoms with Gasteiger partial charge in [0.2, 0.25) is 18.7 Å². The first-order valence-corrected chi connectivity index (χ1v) is 27.5. The Kier molecular flexibility index (Phi) is 22.3. The van der Waals surface area contributed by atoms with E-state index in [1.54, 1.807) is 0 Å². The van der Waals surface area contributed by atoms with Crippen LogP contribution in [0.1, 0.15) is 34.8 Å². The maximum Gasteiger partial charge on any atom is 0.348 e. The van der Waals surface area contributed by atoms with Gasteiger partial charge >= 0.3 is 35.8 Å². The van der Waals surface area contributed by atoms with Crippen molar-refractivity contribution in [2.24, 2.45) is 0 Å². The van der Waals surface area contributed by atoms with E-state index in [-0.39, 0.29) is 22.3 Å². The summed E-state index contributed by atoms with van der Waals surface area (Å²) in [6, 6.07) is 10.6. The first-order valence-electron chi connectivity index (χ1n) is 27.5. The molecule has 4 aliphatic rings. The zero-order valence-corrected chi connectivity index (χ0v) is 47.8. The fraction of sp³-hybridized carbons (Fsp3) is 0.379. The zero-order chi connectivity index (χ0) is 68.7. The van der Waals surface area contributed by atoms with Gasteiger partial charge in [0.05, 0.1) is 12.2 Å². The molecule has 4 aromatic carbocycles. The average Bonchev–Trinajstić information content (AvgIpc) is 0.767. The van der Waals surface area contributed by atoms with E-state index in [1.807, 2.05) is 0 Å². The number of fused-ring (bicyclic) bond motifs is 1. The van der Waals surface area contributed by atoms with E-state index in [9.17, 15) is 121 Å². The van der Waals surface area contributed by atoms with E-state index in [1.165, 1.54) is 18.2 Å². The summed E-state index contributed by atoms with van der Waals surface area (Å²) < 4.78 is 61.8. The molecule has 0 spiro atoms. The Hall–Kier alpha value is -9.80. The van der Waals surface area contributed by atoms with Gasteiger partial charge < -0.3 is 149 Å². The largest absolute Gasteiger partial charge is 0.507 e. The molecule has 36 nitrogen and oxygen atoms in total. The van der Waals surface area contributed by atoms with Crippen molar-refractivity contribution in [3.63, 3.8) is 0 Å². The van der Waals surface area contributed by atoms with Crippen molar-refractivity contribution in [1.82, 2.24) is 0 Å². The highest BCUT2D eigenvalue weighted by Crippen LogP contribution is 2.48. The molecule has 18 atom stereocenters. The van der Waals surface area contributed by atoms with Crippen LogP contribution < -0.4 is 9.47 Å². The van der Waals surface area contributed by atoms with Crippen LogP contribution in [0.15, 0.2) is 78.6 Å². The molecule has 8 rings (SSSR count). The second-order valence-corrected chi connectivity index (χ2v) is 21.0. The molecule has 94 heavy (non-hydrogen) atoms. The van der Waals surface area contributed by atoms with Gasteiger partial charge in [0, 0.05) is 29.8 Å². The zero-order valence-electron chi connectivity index (χ0n) is 47.8. The van der Waals surface area contributed by atoms with E-state index in [0.717, 1.165) is 72.8 Å². The van der Waals surface area contributed by atoms with Crippen LogP contribution in [-0.2, 0) is 71.4 Å². The van der Waals surface area contributed by atoms with Crippen LogP contribution in [0, 0.1) is 0 Å². The predicted molar refractivity (Wildman–Crippen MR) is 298 cm³/mol. The van der Waals surface area contributed by atoms with Crippen LogP contribution in [0.5, 0.6) is 57.5 Å². The number of ether oxygens (including phenoxy) is 11. The molecule has 4 aromatic rings. The van der Waals surface area contributed by atoms with Crippen LogP contribution in [0.25, 0.3) is 18.2 Å². The van der Waals surface area contributed by atoms with Gasteiger partial charge in [-0.25, -0.2) is 19.2 Å². The van der Waals surface area contributed by atoms with Gasteiger partial charge in [-0.2, -0.15) is 0 Å². The van der Waals surface area contributed by atoms with Crippen LogP contribution in [-0.4, -0.2) is 257 Å². The average molecular weight is 1330 g/mol. The topological polar surface area (TPSA) is 588 Å². The van der Waals surface area contributed by atoms with Gasteiger partial charge in [0.1, 0.15) is 104 Å². The maximum absolute atomic E-state index is 13.3. The number of phenolic OH excluding ortho intramolecular Hbond substituents is 8. The smallest absolute Gasteiger partial charge is 0.348 e. The lowest BCUT2D eigenvalue weighted by Crippen LogP contribution is -2.65. The molecule has 4 aliphatic heterocycles. The minimum Gasteiger partial charge on any atom is -0.507 e. The third-order valence-corrected chi connectivity index (χ3v) is 14.4. The first kappa shape index (κ1) is 70.1. The Balaban J connectivity index is 1.11. The summed E-state index contributed by atoms with van der Waals surface area (Å²) in [5, 5.41) is 199. The molecular weight excluding hydrogens is 1270 g/mol. The van der Waals surface area contributed by atoms with Crippen molar-refractivity contribution >= 4 is 54.0 Å². The Morgan fingerprint density at radius 1 is 0.532 bits per heavy atom. The summed E-state index contributed by atoms with van der Waals surface area (Å²) in [4.78, 5) is 74.2. The number of carbonyl (C=O) groups excluding carboxylic acids is 4. The van der Waals surface area contributed by atoms with E-state index >= 15 is 0 Å². The summed E-state index contributed by atoms with van der Waals surface area (Å²) in [5.41, 5.74) is -0.327. The van der Waals surface area contributed by atoms with Crippen LogP contribution in [0.2, 0.25) is 0 Å². The third kappa shape index (κ3) is 16.3. The summed E-state index contributed by atoms with van der Waals surface area (Å²) in [5.74, 6) is -17.3. The molecule has 508 valence electrons. The molecule has 0 bridgehead atoms. The number of benzene rings is 4. The van der Waals surface area contributed by atoms with Gasteiger partial charge in [-0.3, -0.25) is 9.59 Å². The number of carboxylic acid groups (broad SMARTS) is 2. The lowest BCUT2D eigenvalue weighted by Gasteiger charge is -2.47. The second kappa shape index (κ2) is 29.9. The number of aliphatic carboxylic acids is 2. The van der Waals surface area contributed by atoms with Crippen LogP contribution >= 0.6 is 0 Å². The lowest BCUT2D eigenvalue weighted by molar-refractivity contribution is -0.364. The molecule has 1 unspecified atom stereocenters. The van der Waals surface area contributed by atoms with Crippen LogP contribution in [0.3, 0.4) is 0 Å². The van der Waals surface area contributed by atoms with Crippen molar-refractivity contribution in [2.75, 3.05) is 19.8 Å². The van der Waals surface area contributed by atoms with Gasteiger partial charge in [-0.15, -0.1) is 0 Å². The number of aliphatic hydroxyl groups excluding tert-OH is 9. The normalized spacial score (nSPS) is 28.2. The number of rotatable bonds is 23. The highest BCUT2D eigenvalue weighted by atomic mass is 16.8. The highest BCUT2D eigenvalue weighted by Gasteiger charge is 2.54. The third-order valence-electron chi connectivity index (χ3n) is 14.4. The highest BCUT2D eigenvalue weighted by molar-refractivity contribution is 5.93. The molecule has 0 saturated carbocycles. The maximum atomic E-state index is 13.3. The van der Waals surface area contributed by atoms with E-state index in [4.69, 9.17) is 52.5 Å². The van der Waals surface area contributed by atoms with Gasteiger partial charge in [-0.1, -0.05) is 12.1 Å². The standard InChI is InChI=1S/C58H60O36/c59-17-34-42(72)46(76)52(92-38(68)8-4-21-2-6-26(61)29(64)10-21)58(89-34)94-53-47(77)44(74)36(19-85-39(69)16-40(70)93-51(55(82)83)49(79)54(80)81)91-57(53)88-33-15-24-27(62)13-23(14-32(24)87-50(33)22-11-30(65)41(71)31(66)12-22)86-56-48(78)45(75)43(73)35(90-56)18-84-37(67)7-3-20-1-5-25(60)28(63)9-20/h1-15,34-36,42-53,56-66,71-79H,16-19H2,(H,80,81)(H,82,83)/b7-3+,8-4+/t34-,35-,36-,42-,43-,44+,45+,46+,47+,48-,49-,50?,51-,52-,53-,56-,57-,58+/m1/s1. The van der Waals surface area contributed by atoms with Gasteiger partial charge in [-0.05, 0) is 65.8 Å². The summed E-state index contributed by atoms with van der Waals surface area (Å²) in [6.07, 6.45) is -35.4. The summed E-state index contributed by atoms with van der Waals surface area (Å²) in [6.45, 7) is -3.04. The molecule has 19 N–H and O–H groups in total. The summed E-state index contributed by atoms with van der Waals surface area (Å²) >= 11 is 0. The van der Waals surface area contributed by atoms with Crippen molar-refractivity contribution in [3.05, 3.63) is 101 Å². The number of phenols is 8. The van der Waals surface area contributed by atoms with Crippen molar-refractivity contribution in [1.29, 1.82) is 0 Å². The number of carbonyl (C=O) groups is 6. The second-order valence-electron chi connectivity index (χ2n) is 21.0. The molecule has 4 heterocycles. The number of carboxylic acids is 2. The van der Waals surface area contributed by atoms with E-state index in [2.05, 4.69) is 4.74 Å². The van der Waals surface area contributed by atoms with Crippen molar-refractivity contribution in [2.45, 2.75) is 117 Å². The Labute approximate surface area is 525 Å². The fourth-order valence-corrected chi connectivity index (χ4v) is 9.46. The van der Waals surface area contributed by atoms with Gasteiger partial charge in [0.15, 0.2) is 71.0 Å². The van der Waals surface area contributed by atoms with E-state index in [0.29, 0.717) is 0 Å². The number of hydrogen-bond acceptors (Lipinski definition) is 34. The molecular formula is C58H60O36. The number of aliphatic hydroxyl groups is 9. The molecule has 0 radical (unpaired) electrons. The van der Waals surface area contributed by atoms with Crippen molar-refractivity contribution in [3.8, 4) is 57.5 Å². The monoisotopic (exact) mass is 1330 g/mol. The van der Waals surface area contributed by atoms with Crippen LogP contribution in [0.4, 0.5) is 0 Å². The minimum atomic E-state index is -2.80. The molecule has 3 saturated heterocycles. The SMILES string of the molecule is O=C(/C=C/c1ccc(O)c(O)c1)OC[C@H]1O[C@@H](Oc2cc(O)c3c(c2)OC(c2cc(O)c(O)c(O)c2)C(O[C@@H]2O[C@H](COC(=O)CC(=O)O[C@@H](C(=O)O)[C@@H](O)C(=O)O)[C@H](O)[C@H](O)[C@H]2O[C@@H]2O[C@H](CO)[C@@H](O)[C@H](O)[C@H]2OC(=O)/C=C/c2ccc(O)c(O)c2)=C3)[C@H](O)[C@@H](O)[C@@H]1O. The summed E-state index contributed by atoms with van der Waals surface area (Å²) in [7, 11) is 0. The number of hydrogen-bond donors (Lipinski definition) is 19. The fourth-order valence-electron chi connectivity index (χ4n) is 9.46. The molecule has 0 amide bonds. The van der Waals surface area contributed by atoms with Crippen molar-refractivity contribution < 1.29 is 178 Å². The van der Waals surface area contributed by atoms with E-state index < -0.39 is 236 Å². The molecule has 36 heteroatoms. The Morgan fingerprint density at radius 3 is 1.67 bits per heavy atom. The first-order chi connectivity index (χ1) is 44.4. The number of esters is 4. The minimum absolute atomic E-state index is 0.119. The lowest BCUT2D eigenvalue weighted by atomic mass is 9.96. The predicted octanol–water partition coefficient (Wildman–Crippen LogP) is -3.46. The molecule has 3 fully saturated rings. The Morgan fingerprint density at radius 2 is 1.09 bits per heavy atom. The molecule has 0 aromatic heterocycles.